The van der Waals surface area contributed by atoms with Gasteiger partial charge in [0.05, 0.1) is 23.0 Å². The number of furan rings is 1. The molecule has 0 saturated carbocycles. The summed E-state index contributed by atoms with van der Waals surface area (Å²) in [5, 5.41) is 2.59. The number of amides is 1. The number of likely N-dealkylation sites (N-methyl/N-ethyl adjacent to an activating group) is 1. The molecule has 1 aromatic carbocycles. The number of hydrogen-bond donors (Lipinski definition) is 2. The standard InChI is InChI=1S/C18H22ClN3O5S/c1-3-22(4-2)14(15-6-5-7-26-15)10-20-28(24,25)17-9-16-13(8-12(17)19)21-18(23)11-27-16/h5-9,14,20H,3-4,10-11H2,1-2H3,(H,21,23). The number of hydrogen-bond acceptors (Lipinski definition) is 6. The molecule has 28 heavy (non-hydrogen) atoms. The summed E-state index contributed by atoms with van der Waals surface area (Å²) >= 11 is 6.17. The van der Waals surface area contributed by atoms with Crippen LogP contribution in [0.3, 0.4) is 0 Å². The van der Waals surface area contributed by atoms with Gasteiger partial charge in [0.2, 0.25) is 10.0 Å². The van der Waals surface area contributed by atoms with Crippen LogP contribution in [-0.4, -0.2) is 45.5 Å². The van der Waals surface area contributed by atoms with Crippen LogP contribution < -0.4 is 14.8 Å². The third-order valence-corrected chi connectivity index (χ3v) is 6.44. The first-order chi connectivity index (χ1) is 13.4. The molecule has 3 rings (SSSR count). The maximum absolute atomic E-state index is 12.9. The highest BCUT2D eigenvalue weighted by atomic mass is 35.5. The molecule has 1 atom stereocenters. The molecular weight excluding hydrogens is 406 g/mol. The summed E-state index contributed by atoms with van der Waals surface area (Å²) in [6.07, 6.45) is 1.56. The molecule has 0 bridgehead atoms. The summed E-state index contributed by atoms with van der Waals surface area (Å²) in [7, 11) is -3.92. The topological polar surface area (TPSA) is 101 Å². The van der Waals surface area contributed by atoms with Crippen molar-refractivity contribution in [1.29, 1.82) is 0 Å². The third-order valence-electron chi connectivity index (χ3n) is 4.55. The normalized spacial score (nSPS) is 15.1. The summed E-state index contributed by atoms with van der Waals surface area (Å²) in [5.41, 5.74) is 0.344. The first-order valence-electron chi connectivity index (χ1n) is 8.89. The van der Waals surface area contributed by atoms with Crippen LogP contribution in [0.1, 0.15) is 25.6 Å². The number of carbonyl (C=O) groups is 1. The van der Waals surface area contributed by atoms with Gasteiger partial charge in [0.1, 0.15) is 16.4 Å². The number of sulfonamides is 1. The minimum atomic E-state index is -3.92. The van der Waals surface area contributed by atoms with Crippen LogP contribution in [0.4, 0.5) is 5.69 Å². The van der Waals surface area contributed by atoms with Crippen molar-refractivity contribution in [1.82, 2.24) is 9.62 Å². The molecule has 1 amide bonds. The summed E-state index contributed by atoms with van der Waals surface area (Å²) in [5.74, 6) is 0.613. The number of halogens is 1. The SMILES string of the molecule is CCN(CC)C(CNS(=O)(=O)c1cc2c(cc1Cl)NC(=O)CO2)c1ccco1. The van der Waals surface area contributed by atoms with Gasteiger partial charge in [0.15, 0.2) is 6.61 Å². The highest BCUT2D eigenvalue weighted by Gasteiger charge is 2.27. The smallest absolute Gasteiger partial charge is 0.262 e. The lowest BCUT2D eigenvalue weighted by atomic mass is 10.2. The number of nitrogens with one attached hydrogen (secondary N) is 2. The molecule has 0 fully saturated rings. The van der Waals surface area contributed by atoms with E-state index >= 15 is 0 Å². The van der Waals surface area contributed by atoms with Crippen molar-refractivity contribution in [2.24, 2.45) is 0 Å². The zero-order chi connectivity index (χ0) is 20.3. The molecule has 152 valence electrons. The van der Waals surface area contributed by atoms with Crippen molar-refractivity contribution in [3.05, 3.63) is 41.3 Å². The van der Waals surface area contributed by atoms with Gasteiger partial charge in [0.25, 0.3) is 5.91 Å². The van der Waals surface area contributed by atoms with E-state index in [2.05, 4.69) is 14.9 Å². The van der Waals surface area contributed by atoms with E-state index in [1.54, 1.807) is 12.3 Å². The maximum atomic E-state index is 12.9. The van der Waals surface area contributed by atoms with Gasteiger partial charge in [-0.2, -0.15) is 0 Å². The van der Waals surface area contributed by atoms with Crippen LogP contribution in [0.5, 0.6) is 5.75 Å². The van der Waals surface area contributed by atoms with Crippen LogP contribution in [-0.2, 0) is 14.8 Å². The molecule has 2 aromatic rings. The van der Waals surface area contributed by atoms with Gasteiger partial charge in [-0.1, -0.05) is 25.4 Å². The monoisotopic (exact) mass is 427 g/mol. The Morgan fingerprint density at radius 1 is 1.32 bits per heavy atom. The molecule has 1 unspecified atom stereocenters. The molecule has 0 radical (unpaired) electrons. The molecule has 0 aliphatic carbocycles. The molecule has 0 saturated heterocycles. The van der Waals surface area contributed by atoms with E-state index in [-0.39, 0.29) is 40.8 Å². The molecule has 1 aliphatic heterocycles. The minimum Gasteiger partial charge on any atom is -0.482 e. The first-order valence-corrected chi connectivity index (χ1v) is 10.7. The summed E-state index contributed by atoms with van der Waals surface area (Å²) in [6, 6.07) is 6.02. The fraction of sp³-hybridized carbons (Fsp3) is 0.389. The van der Waals surface area contributed by atoms with Crippen molar-refractivity contribution in [3.63, 3.8) is 0 Å². The molecule has 1 aromatic heterocycles. The fourth-order valence-corrected chi connectivity index (χ4v) is 4.69. The molecule has 2 N–H and O–H groups in total. The number of benzene rings is 1. The number of carbonyl (C=O) groups excluding carboxylic acids is 1. The Morgan fingerprint density at radius 3 is 2.71 bits per heavy atom. The van der Waals surface area contributed by atoms with Crippen molar-refractivity contribution >= 4 is 33.2 Å². The van der Waals surface area contributed by atoms with E-state index in [0.29, 0.717) is 11.4 Å². The predicted molar refractivity (Wildman–Crippen MR) is 105 cm³/mol. The third kappa shape index (κ3) is 4.33. The maximum Gasteiger partial charge on any atom is 0.262 e. The van der Waals surface area contributed by atoms with Crippen LogP contribution in [0.25, 0.3) is 0 Å². The second kappa shape index (κ2) is 8.52. The number of nitrogens with zero attached hydrogens (tertiary/aromatic N) is 1. The highest BCUT2D eigenvalue weighted by Crippen LogP contribution is 2.35. The molecule has 8 nitrogen and oxygen atoms in total. The lowest BCUT2D eigenvalue weighted by Gasteiger charge is -2.28. The van der Waals surface area contributed by atoms with Crippen LogP contribution >= 0.6 is 11.6 Å². The number of rotatable bonds is 8. The summed E-state index contributed by atoms with van der Waals surface area (Å²) in [6.45, 7) is 5.40. The zero-order valence-corrected chi connectivity index (χ0v) is 17.1. The van der Waals surface area contributed by atoms with Crippen molar-refractivity contribution in [2.45, 2.75) is 24.8 Å². The first kappa shape index (κ1) is 20.7. The van der Waals surface area contributed by atoms with E-state index in [0.717, 1.165) is 13.1 Å². The van der Waals surface area contributed by atoms with Gasteiger partial charge in [-0.15, -0.1) is 0 Å². The van der Waals surface area contributed by atoms with Gasteiger partial charge in [-0.05, 0) is 31.3 Å². The van der Waals surface area contributed by atoms with Crippen LogP contribution in [0.15, 0.2) is 39.8 Å². The van der Waals surface area contributed by atoms with Gasteiger partial charge in [-0.3, -0.25) is 9.69 Å². The molecule has 2 heterocycles. The van der Waals surface area contributed by atoms with Crippen LogP contribution in [0.2, 0.25) is 5.02 Å². The number of anilines is 1. The van der Waals surface area contributed by atoms with Gasteiger partial charge in [-0.25, -0.2) is 13.1 Å². The van der Waals surface area contributed by atoms with E-state index < -0.39 is 10.0 Å². The molecule has 10 heteroatoms. The Hall–Kier alpha value is -2.07. The minimum absolute atomic E-state index is 0.00515. The van der Waals surface area contributed by atoms with E-state index in [1.165, 1.54) is 12.1 Å². The Labute approximate surface area is 168 Å². The molecular formula is C18H22ClN3O5S. The van der Waals surface area contributed by atoms with E-state index in [4.69, 9.17) is 20.8 Å². The molecule has 0 spiro atoms. The van der Waals surface area contributed by atoms with Crippen molar-refractivity contribution < 1.29 is 22.4 Å². The lowest BCUT2D eigenvalue weighted by Crippen LogP contribution is -2.38. The second-order valence-electron chi connectivity index (χ2n) is 6.22. The number of fused-ring (bicyclic) bond motifs is 1. The average molecular weight is 428 g/mol. The second-order valence-corrected chi connectivity index (χ2v) is 8.36. The average Bonchev–Trinajstić information content (AvgIpc) is 3.18. The Morgan fingerprint density at radius 2 is 2.07 bits per heavy atom. The van der Waals surface area contributed by atoms with Gasteiger partial charge < -0.3 is 14.5 Å². The predicted octanol–water partition coefficient (Wildman–Crippen LogP) is 2.63. The van der Waals surface area contributed by atoms with Gasteiger partial charge in [0, 0.05) is 12.6 Å². The number of ether oxygens (including phenoxy) is 1. The quantitative estimate of drug-likeness (QED) is 0.671. The zero-order valence-electron chi connectivity index (χ0n) is 15.6. The Kier molecular flexibility index (Phi) is 6.29. The summed E-state index contributed by atoms with van der Waals surface area (Å²) in [4.78, 5) is 13.4. The van der Waals surface area contributed by atoms with Crippen molar-refractivity contribution in [3.8, 4) is 5.75 Å². The van der Waals surface area contributed by atoms with Crippen LogP contribution in [0, 0.1) is 0 Å². The fourth-order valence-electron chi connectivity index (χ4n) is 3.11. The molecule has 1 aliphatic rings. The van der Waals surface area contributed by atoms with E-state index in [1.807, 2.05) is 19.9 Å². The highest BCUT2D eigenvalue weighted by molar-refractivity contribution is 7.89. The Balaban J connectivity index is 1.84. The van der Waals surface area contributed by atoms with E-state index in [9.17, 15) is 13.2 Å². The van der Waals surface area contributed by atoms with Gasteiger partial charge >= 0.3 is 0 Å². The largest absolute Gasteiger partial charge is 0.482 e. The van der Waals surface area contributed by atoms with Crippen molar-refractivity contribution in [2.75, 3.05) is 31.6 Å². The summed E-state index contributed by atoms with van der Waals surface area (Å²) < 4.78 is 39.2. The Bertz CT molecular complexity index is 942. The lowest BCUT2D eigenvalue weighted by molar-refractivity contribution is -0.118.